The number of nitro groups is 1. The van der Waals surface area contributed by atoms with Crippen LogP contribution in [-0.2, 0) is 9.59 Å². The lowest BCUT2D eigenvalue weighted by Crippen LogP contribution is -2.28. The minimum absolute atomic E-state index is 0.00616. The van der Waals surface area contributed by atoms with Crippen molar-refractivity contribution in [3.05, 3.63) is 142 Å². The first-order valence-electron chi connectivity index (χ1n) is 13.6. The molecule has 0 bridgehead atoms. The topological polar surface area (TPSA) is 105 Å². The third kappa shape index (κ3) is 6.56. The van der Waals surface area contributed by atoms with Crippen molar-refractivity contribution in [1.29, 1.82) is 0 Å². The average Bonchev–Trinajstić information content (AvgIpc) is 3.34. The lowest BCUT2D eigenvalue weighted by Gasteiger charge is -2.15. The number of aliphatic imine (C=N–C) groups is 1. The molecule has 6 rings (SSSR count). The van der Waals surface area contributed by atoms with E-state index in [2.05, 4.69) is 5.32 Å². The number of carbonyl (C=O) groups is 2. The molecule has 1 N–H and O–H groups in total. The second-order valence-corrected chi connectivity index (χ2v) is 11.7. The smallest absolute Gasteiger partial charge is 0.283 e. The van der Waals surface area contributed by atoms with E-state index in [1.165, 1.54) is 22.7 Å². The second-order valence-electron chi connectivity index (χ2n) is 9.70. The molecule has 5 aromatic rings. The number of rotatable bonds is 8. The number of anilines is 2. The molecule has 1 saturated heterocycles. The van der Waals surface area contributed by atoms with Crippen molar-refractivity contribution in [3.8, 4) is 0 Å². The molecule has 1 aliphatic heterocycles. The highest BCUT2D eigenvalue weighted by atomic mass is 32.2. The Morgan fingerprint density at radius 2 is 1.59 bits per heavy atom. The van der Waals surface area contributed by atoms with E-state index in [-0.39, 0.29) is 23.3 Å². The molecule has 0 saturated carbocycles. The van der Waals surface area contributed by atoms with Gasteiger partial charge in [0.25, 0.3) is 11.6 Å². The standard InChI is InChI=1S/C34H24N4O4S2/c39-32(35-27-17-16-24-9-7-8-10-25(24)21-27)22-43-30-18-15-23(19-29(30)38(41)42)20-31-33(40)37(28-13-5-2-6-14-28)34(44-31)36-26-11-3-1-4-12-26/h1-21H,22H2,(H,35,39)/b31-20-,36-34?. The molecule has 0 atom stereocenters. The number of fused-ring (bicyclic) bond motifs is 1. The van der Waals surface area contributed by atoms with Gasteiger partial charge in [0.1, 0.15) is 0 Å². The van der Waals surface area contributed by atoms with Gasteiger partial charge in [-0.15, -0.1) is 11.8 Å². The van der Waals surface area contributed by atoms with E-state index in [1.807, 2.05) is 103 Å². The first kappa shape index (κ1) is 28.9. The van der Waals surface area contributed by atoms with E-state index >= 15 is 0 Å². The predicted octanol–water partition coefficient (Wildman–Crippen LogP) is 8.29. The summed E-state index contributed by atoms with van der Waals surface area (Å²) in [5.74, 6) is -0.555. The number of hydrogen-bond donors (Lipinski definition) is 1. The molecule has 0 spiro atoms. The van der Waals surface area contributed by atoms with Crippen molar-refractivity contribution in [3.63, 3.8) is 0 Å². The van der Waals surface area contributed by atoms with Crippen LogP contribution in [0.3, 0.4) is 0 Å². The van der Waals surface area contributed by atoms with Crippen molar-refractivity contribution in [2.24, 2.45) is 4.99 Å². The molecule has 5 aromatic carbocycles. The number of amidine groups is 1. The number of nitrogens with zero attached hydrogens (tertiary/aromatic N) is 3. The van der Waals surface area contributed by atoms with Gasteiger partial charge in [-0.2, -0.15) is 0 Å². The molecule has 0 unspecified atom stereocenters. The largest absolute Gasteiger partial charge is 0.325 e. The Labute approximate surface area is 261 Å². The molecule has 44 heavy (non-hydrogen) atoms. The molecule has 10 heteroatoms. The predicted molar refractivity (Wildman–Crippen MR) is 179 cm³/mol. The maximum Gasteiger partial charge on any atom is 0.283 e. The van der Waals surface area contributed by atoms with Gasteiger partial charge in [0.15, 0.2) is 5.17 Å². The van der Waals surface area contributed by atoms with Gasteiger partial charge in [-0.1, -0.05) is 72.8 Å². The lowest BCUT2D eigenvalue weighted by molar-refractivity contribution is -0.387. The van der Waals surface area contributed by atoms with Gasteiger partial charge in [0, 0.05) is 11.8 Å². The third-order valence-corrected chi connectivity index (χ3v) is 8.70. The molecule has 216 valence electrons. The Kier molecular flexibility index (Phi) is 8.53. The minimum atomic E-state index is -0.478. The SMILES string of the molecule is O=C(CSc1ccc(/C=C2\SC(=Nc3ccccc3)N(c3ccccc3)C2=O)cc1[N+](=O)[O-])Nc1ccc2ccccc2c1. The normalized spacial score (nSPS) is 14.8. The Balaban J connectivity index is 1.21. The number of para-hydroxylation sites is 2. The van der Waals surface area contributed by atoms with Gasteiger partial charge in [-0.3, -0.25) is 24.6 Å². The number of amides is 2. The fraction of sp³-hybridized carbons (Fsp3) is 0.0294. The number of benzene rings is 5. The van der Waals surface area contributed by atoms with E-state index < -0.39 is 4.92 Å². The van der Waals surface area contributed by atoms with Crippen molar-refractivity contribution in [2.45, 2.75) is 4.90 Å². The summed E-state index contributed by atoms with van der Waals surface area (Å²) in [5.41, 5.74) is 2.38. The van der Waals surface area contributed by atoms with Gasteiger partial charge in [-0.25, -0.2) is 4.99 Å². The Hall–Kier alpha value is -5.19. The van der Waals surface area contributed by atoms with E-state index in [9.17, 15) is 19.7 Å². The molecule has 1 fully saturated rings. The summed E-state index contributed by atoms with van der Waals surface area (Å²) in [4.78, 5) is 44.7. The highest BCUT2D eigenvalue weighted by Gasteiger charge is 2.35. The summed E-state index contributed by atoms with van der Waals surface area (Å²) >= 11 is 2.29. The van der Waals surface area contributed by atoms with Crippen molar-refractivity contribution in [1.82, 2.24) is 0 Å². The zero-order chi connectivity index (χ0) is 30.5. The first-order chi connectivity index (χ1) is 21.4. The van der Waals surface area contributed by atoms with Crippen molar-refractivity contribution < 1.29 is 14.5 Å². The monoisotopic (exact) mass is 616 g/mol. The van der Waals surface area contributed by atoms with Crippen molar-refractivity contribution in [2.75, 3.05) is 16.0 Å². The van der Waals surface area contributed by atoms with Gasteiger partial charge < -0.3 is 5.32 Å². The first-order valence-corrected chi connectivity index (χ1v) is 15.4. The van der Waals surface area contributed by atoms with Crippen molar-refractivity contribution >= 4 is 80.1 Å². The summed E-state index contributed by atoms with van der Waals surface area (Å²) < 4.78 is 0. The highest BCUT2D eigenvalue weighted by Crippen LogP contribution is 2.38. The highest BCUT2D eigenvalue weighted by molar-refractivity contribution is 8.19. The molecule has 1 aliphatic rings. The lowest BCUT2D eigenvalue weighted by atomic mass is 10.1. The molecular weight excluding hydrogens is 593 g/mol. The van der Waals surface area contributed by atoms with E-state index in [0.717, 1.165) is 22.5 Å². The molecule has 0 radical (unpaired) electrons. The van der Waals surface area contributed by atoms with Crippen LogP contribution >= 0.6 is 23.5 Å². The van der Waals surface area contributed by atoms with Gasteiger partial charge in [0.2, 0.25) is 5.91 Å². The van der Waals surface area contributed by atoms with Crippen LogP contribution in [0, 0.1) is 10.1 Å². The average molecular weight is 617 g/mol. The van der Waals surface area contributed by atoms with Crippen LogP contribution in [0.4, 0.5) is 22.7 Å². The number of nitro benzene ring substituents is 1. The summed E-state index contributed by atoms with van der Waals surface area (Å²) in [5, 5.41) is 17.4. The fourth-order valence-electron chi connectivity index (χ4n) is 4.61. The Bertz CT molecular complexity index is 1950. The number of hydrogen-bond acceptors (Lipinski definition) is 7. The minimum Gasteiger partial charge on any atom is -0.325 e. The third-order valence-electron chi connectivity index (χ3n) is 6.67. The zero-order valence-electron chi connectivity index (χ0n) is 23.1. The van der Waals surface area contributed by atoms with Crippen LogP contribution in [0.1, 0.15) is 5.56 Å². The molecule has 2 amide bonds. The summed E-state index contributed by atoms with van der Waals surface area (Å²) in [7, 11) is 0. The van der Waals surface area contributed by atoms with Crippen LogP contribution < -0.4 is 10.2 Å². The number of nitrogens with one attached hydrogen (secondary N) is 1. The number of thioether (sulfide) groups is 2. The van der Waals surface area contributed by atoms with Crippen LogP contribution in [0.5, 0.6) is 0 Å². The molecule has 8 nitrogen and oxygen atoms in total. The van der Waals surface area contributed by atoms with E-state index in [4.69, 9.17) is 4.99 Å². The quantitative estimate of drug-likeness (QED) is 0.0814. The molecule has 1 heterocycles. The summed E-state index contributed by atoms with van der Waals surface area (Å²) in [6.45, 7) is 0. The fourth-order valence-corrected chi connectivity index (χ4v) is 6.42. The zero-order valence-corrected chi connectivity index (χ0v) is 24.8. The van der Waals surface area contributed by atoms with Gasteiger partial charge in [0.05, 0.1) is 31.9 Å². The molecule has 0 aliphatic carbocycles. The Morgan fingerprint density at radius 1 is 0.886 bits per heavy atom. The second kappa shape index (κ2) is 13.0. The van der Waals surface area contributed by atoms with E-state index in [0.29, 0.717) is 37.6 Å². The van der Waals surface area contributed by atoms with Crippen LogP contribution in [0.2, 0.25) is 0 Å². The maximum absolute atomic E-state index is 13.6. The van der Waals surface area contributed by atoms with Crippen LogP contribution in [-0.4, -0.2) is 27.7 Å². The summed E-state index contributed by atoms with van der Waals surface area (Å²) in [6, 6.07) is 36.8. The Morgan fingerprint density at radius 3 is 2.34 bits per heavy atom. The van der Waals surface area contributed by atoms with Gasteiger partial charge in [-0.05, 0) is 76.6 Å². The number of carbonyl (C=O) groups excluding carboxylic acids is 2. The molecule has 0 aromatic heterocycles. The van der Waals surface area contributed by atoms with Gasteiger partial charge >= 0.3 is 0 Å². The van der Waals surface area contributed by atoms with Crippen LogP contribution in [0.15, 0.2) is 136 Å². The van der Waals surface area contributed by atoms with E-state index in [1.54, 1.807) is 18.2 Å². The molecular formula is C34H24N4O4S2. The maximum atomic E-state index is 13.6. The van der Waals surface area contributed by atoms with Crippen LogP contribution in [0.25, 0.3) is 16.8 Å². The summed E-state index contributed by atoms with van der Waals surface area (Å²) in [6.07, 6.45) is 1.63.